The second kappa shape index (κ2) is 7.11. The fourth-order valence-corrected chi connectivity index (χ4v) is 3.47. The van der Waals surface area contributed by atoms with E-state index in [0.29, 0.717) is 10.0 Å². The number of hydrogen-bond acceptors (Lipinski definition) is 4. The van der Waals surface area contributed by atoms with E-state index in [9.17, 15) is 22.8 Å². The van der Waals surface area contributed by atoms with Crippen molar-refractivity contribution in [3.05, 3.63) is 64.5 Å². The van der Waals surface area contributed by atoms with Crippen molar-refractivity contribution in [3.8, 4) is 11.5 Å². The number of anilines is 1. The van der Waals surface area contributed by atoms with Gasteiger partial charge in [0.05, 0.1) is 11.7 Å². The zero-order valence-corrected chi connectivity index (χ0v) is 16.1. The van der Waals surface area contributed by atoms with E-state index in [1.807, 2.05) is 0 Å². The van der Waals surface area contributed by atoms with Crippen LogP contribution >= 0.6 is 15.9 Å². The highest BCUT2D eigenvalue weighted by atomic mass is 79.9. The summed E-state index contributed by atoms with van der Waals surface area (Å²) in [6.07, 6.45) is -1.18. The minimum Gasteiger partial charge on any atom is -0.395 e. The number of rotatable bonds is 2. The molecule has 10 heteroatoms. The summed E-state index contributed by atoms with van der Waals surface area (Å²) in [6, 6.07) is 6.64. The Kier molecular flexibility index (Phi) is 4.73. The van der Waals surface area contributed by atoms with Crippen LogP contribution in [0.4, 0.5) is 23.7 Å². The average Bonchev–Trinajstić information content (AvgIpc) is 2.95. The number of amides is 2. The van der Waals surface area contributed by atoms with Gasteiger partial charge in [0.25, 0.3) is 0 Å². The van der Waals surface area contributed by atoms with E-state index in [1.165, 1.54) is 53.6 Å². The quantitative estimate of drug-likeness (QED) is 0.675. The van der Waals surface area contributed by atoms with Gasteiger partial charge in [-0.05, 0) is 39.7 Å². The Morgan fingerprint density at radius 2 is 1.83 bits per heavy atom. The molecule has 4 rings (SSSR count). The summed E-state index contributed by atoms with van der Waals surface area (Å²) >= 11 is 3.19. The monoisotopic (exact) mass is 468 g/mol. The van der Waals surface area contributed by atoms with Crippen molar-refractivity contribution in [2.24, 2.45) is 0 Å². The lowest BCUT2D eigenvalue weighted by Crippen LogP contribution is -2.37. The van der Waals surface area contributed by atoms with Crippen molar-refractivity contribution < 1.29 is 32.2 Å². The van der Waals surface area contributed by atoms with Crippen molar-refractivity contribution in [1.82, 2.24) is 4.90 Å². The average molecular weight is 469 g/mol. The van der Waals surface area contributed by atoms with Crippen LogP contribution in [-0.4, -0.2) is 23.0 Å². The molecule has 1 N–H and O–H groups in total. The number of ether oxygens (including phenoxy) is 2. The maximum absolute atomic E-state index is 13.2. The van der Waals surface area contributed by atoms with Crippen LogP contribution in [0.15, 0.2) is 53.1 Å². The number of nitrogens with one attached hydrogen (secondary N) is 1. The van der Waals surface area contributed by atoms with Gasteiger partial charge in [-0.25, -0.2) is 9.18 Å². The molecular formula is C19H12BrF3N2O4. The van der Waals surface area contributed by atoms with Gasteiger partial charge in [0, 0.05) is 29.2 Å². The highest BCUT2D eigenvalue weighted by Crippen LogP contribution is 2.45. The molecule has 1 atom stereocenters. The van der Waals surface area contributed by atoms with E-state index in [1.54, 1.807) is 0 Å². The number of ketones is 1. The number of alkyl halides is 2. The Labute approximate surface area is 171 Å². The number of urea groups is 1. The number of nitrogens with zero attached hydrogens (tertiary/aromatic N) is 1. The van der Waals surface area contributed by atoms with Gasteiger partial charge in [-0.2, -0.15) is 0 Å². The molecule has 0 unspecified atom stereocenters. The number of carbonyl (C=O) groups excluding carboxylic acids is 2. The summed E-state index contributed by atoms with van der Waals surface area (Å²) in [7, 11) is 0. The smallest absolute Gasteiger partial charge is 0.395 e. The van der Waals surface area contributed by atoms with E-state index in [2.05, 4.69) is 30.7 Å². The lowest BCUT2D eigenvalue weighted by molar-refractivity contribution is -0.286. The highest BCUT2D eigenvalue weighted by Gasteiger charge is 2.44. The molecule has 0 radical (unpaired) electrons. The van der Waals surface area contributed by atoms with Crippen LogP contribution in [0.5, 0.6) is 11.5 Å². The van der Waals surface area contributed by atoms with Gasteiger partial charge in [0.2, 0.25) is 0 Å². The highest BCUT2D eigenvalue weighted by molar-refractivity contribution is 9.10. The van der Waals surface area contributed by atoms with Crippen molar-refractivity contribution in [2.45, 2.75) is 18.8 Å². The SMILES string of the molecule is O=C1C=CN(C(=O)Nc2cc3c(cc2Br)OC(F)(F)O3)[C@H](c2ccc(F)cc2)C1. The zero-order chi connectivity index (χ0) is 20.8. The number of fused-ring (bicyclic) bond motifs is 1. The van der Waals surface area contributed by atoms with Crippen molar-refractivity contribution in [2.75, 3.05) is 5.32 Å². The van der Waals surface area contributed by atoms with E-state index < -0.39 is 24.2 Å². The normalized spacial score (nSPS) is 19.4. The summed E-state index contributed by atoms with van der Waals surface area (Å²) in [5.41, 5.74) is 0.738. The summed E-state index contributed by atoms with van der Waals surface area (Å²) in [5.74, 6) is -1.03. The number of benzene rings is 2. The molecule has 0 saturated carbocycles. The van der Waals surface area contributed by atoms with Crippen LogP contribution in [-0.2, 0) is 4.79 Å². The Hall–Kier alpha value is -3.01. The number of hydrogen-bond donors (Lipinski definition) is 1. The van der Waals surface area contributed by atoms with E-state index >= 15 is 0 Å². The summed E-state index contributed by atoms with van der Waals surface area (Å²) in [5, 5.41) is 2.59. The molecule has 0 saturated heterocycles. The van der Waals surface area contributed by atoms with E-state index in [-0.39, 0.29) is 29.4 Å². The Morgan fingerprint density at radius 3 is 2.52 bits per heavy atom. The van der Waals surface area contributed by atoms with Crippen molar-refractivity contribution in [1.29, 1.82) is 0 Å². The fraction of sp³-hybridized carbons (Fsp3) is 0.158. The molecule has 0 bridgehead atoms. The van der Waals surface area contributed by atoms with Crippen LogP contribution in [0.25, 0.3) is 0 Å². The first-order valence-electron chi connectivity index (χ1n) is 8.37. The predicted molar refractivity (Wildman–Crippen MR) is 99.1 cm³/mol. The van der Waals surface area contributed by atoms with Crippen LogP contribution < -0.4 is 14.8 Å². The van der Waals surface area contributed by atoms with E-state index in [4.69, 9.17) is 0 Å². The van der Waals surface area contributed by atoms with Gasteiger partial charge < -0.3 is 14.8 Å². The fourth-order valence-electron chi connectivity index (χ4n) is 3.04. The third-order valence-corrected chi connectivity index (χ3v) is 5.03. The molecule has 2 aliphatic rings. The predicted octanol–water partition coefficient (Wildman–Crippen LogP) is 4.97. The molecule has 2 heterocycles. The maximum Gasteiger partial charge on any atom is 0.586 e. The molecule has 0 aliphatic carbocycles. The lowest BCUT2D eigenvalue weighted by atomic mass is 9.97. The Morgan fingerprint density at radius 1 is 1.17 bits per heavy atom. The number of halogens is 4. The van der Waals surface area contributed by atoms with Gasteiger partial charge in [0.15, 0.2) is 17.3 Å². The largest absolute Gasteiger partial charge is 0.586 e. The zero-order valence-electron chi connectivity index (χ0n) is 14.5. The minimum atomic E-state index is -3.78. The maximum atomic E-state index is 13.2. The van der Waals surface area contributed by atoms with Crippen LogP contribution in [0.1, 0.15) is 18.0 Å². The van der Waals surface area contributed by atoms with Gasteiger partial charge in [-0.1, -0.05) is 12.1 Å². The van der Waals surface area contributed by atoms with E-state index in [0.717, 1.165) is 0 Å². The second-order valence-corrected chi connectivity index (χ2v) is 7.19. The third-order valence-electron chi connectivity index (χ3n) is 4.37. The Bertz CT molecular complexity index is 1030. The molecule has 0 spiro atoms. The lowest BCUT2D eigenvalue weighted by Gasteiger charge is -2.31. The molecule has 150 valence electrons. The molecule has 2 aromatic rings. The molecule has 0 aromatic heterocycles. The van der Waals surface area contributed by atoms with Crippen LogP contribution in [0, 0.1) is 5.82 Å². The minimum absolute atomic E-state index is 0.0179. The van der Waals surface area contributed by atoms with Gasteiger partial charge >= 0.3 is 12.3 Å². The van der Waals surface area contributed by atoms with Crippen LogP contribution in [0.2, 0.25) is 0 Å². The molecule has 29 heavy (non-hydrogen) atoms. The molecule has 2 amide bonds. The van der Waals surface area contributed by atoms with Crippen LogP contribution in [0.3, 0.4) is 0 Å². The van der Waals surface area contributed by atoms with Crippen molar-refractivity contribution in [3.63, 3.8) is 0 Å². The second-order valence-electron chi connectivity index (χ2n) is 6.34. The summed E-state index contributed by atoms with van der Waals surface area (Å²) in [6.45, 7) is 0. The first kappa shape index (κ1) is 19.3. The van der Waals surface area contributed by atoms with Gasteiger partial charge in [-0.3, -0.25) is 9.69 Å². The summed E-state index contributed by atoms with van der Waals surface area (Å²) in [4.78, 5) is 26.0. The molecule has 0 fully saturated rings. The molecule has 2 aliphatic heterocycles. The first-order chi connectivity index (χ1) is 13.7. The molecule has 2 aromatic carbocycles. The number of allylic oxidation sites excluding steroid dienone is 1. The first-order valence-corrected chi connectivity index (χ1v) is 9.16. The topological polar surface area (TPSA) is 67.9 Å². The third kappa shape index (κ3) is 3.93. The summed E-state index contributed by atoms with van der Waals surface area (Å²) < 4.78 is 48.7. The Balaban J connectivity index is 1.59. The molecular weight excluding hydrogens is 457 g/mol. The standard InChI is InChI=1S/C19H12BrF3N2O4/c20-13-8-16-17(29-19(22,23)28-16)9-14(13)24-18(27)25-6-5-12(26)7-15(25)10-1-3-11(21)4-2-10/h1-6,8-9,15H,7H2,(H,24,27)/t15-/m0/s1. The van der Waals surface area contributed by atoms with Gasteiger partial charge in [-0.15, -0.1) is 8.78 Å². The van der Waals surface area contributed by atoms with Gasteiger partial charge in [0.1, 0.15) is 5.82 Å². The van der Waals surface area contributed by atoms with Crippen molar-refractivity contribution >= 4 is 33.4 Å². The molecule has 6 nitrogen and oxygen atoms in total. The number of carbonyl (C=O) groups is 2.